The van der Waals surface area contributed by atoms with E-state index in [0.717, 1.165) is 12.1 Å². The topological polar surface area (TPSA) is 52.6 Å². The highest BCUT2D eigenvalue weighted by Gasteiger charge is 2.58. The fraction of sp³-hybridized carbons (Fsp3) is 0.625. The van der Waals surface area contributed by atoms with E-state index in [0.29, 0.717) is 32.1 Å². The highest BCUT2D eigenvalue weighted by molar-refractivity contribution is 7.92. The fourth-order valence-electron chi connectivity index (χ4n) is 3.28. The second-order valence-corrected chi connectivity index (χ2v) is 9.38. The molecular weight excluding hydrogens is 345 g/mol. The standard InChI is InChI=1S/C16H19F3O4S/c1-14(2,12-9-15(10-12)22-6-7-23-15)24(20,21)13-5-3-4-11(8-13)16(17,18)19/h3-5,8,12H,6-7,9-10H2,1-2H3. The third kappa shape index (κ3) is 2.74. The van der Waals surface area contributed by atoms with Gasteiger partial charge in [-0.15, -0.1) is 0 Å². The highest BCUT2D eigenvalue weighted by atomic mass is 32.2. The summed E-state index contributed by atoms with van der Waals surface area (Å²) in [5.74, 6) is -0.944. The first-order valence-electron chi connectivity index (χ1n) is 7.68. The number of sulfone groups is 1. The van der Waals surface area contributed by atoms with E-state index in [9.17, 15) is 21.6 Å². The van der Waals surface area contributed by atoms with Crippen molar-refractivity contribution in [1.82, 2.24) is 0 Å². The molecule has 1 aromatic carbocycles. The average Bonchev–Trinajstić information content (AvgIpc) is 2.94. The van der Waals surface area contributed by atoms with Crippen LogP contribution in [0, 0.1) is 5.92 Å². The summed E-state index contributed by atoms with van der Waals surface area (Å²) < 4.78 is 74.3. The number of halogens is 3. The van der Waals surface area contributed by atoms with Gasteiger partial charge in [0.25, 0.3) is 0 Å². The Bertz CT molecular complexity index is 726. The smallest absolute Gasteiger partial charge is 0.348 e. The Balaban J connectivity index is 1.87. The van der Waals surface area contributed by atoms with E-state index < -0.39 is 32.1 Å². The summed E-state index contributed by atoms with van der Waals surface area (Å²) in [6.07, 6.45) is -3.72. The molecule has 2 aliphatic rings. The zero-order valence-corrected chi connectivity index (χ0v) is 14.2. The van der Waals surface area contributed by atoms with Gasteiger partial charge in [-0.2, -0.15) is 13.2 Å². The number of hydrogen-bond acceptors (Lipinski definition) is 4. The Morgan fingerprint density at radius 1 is 1.12 bits per heavy atom. The number of benzene rings is 1. The maximum absolute atomic E-state index is 12.9. The van der Waals surface area contributed by atoms with Crippen molar-refractivity contribution in [3.8, 4) is 0 Å². The Kier molecular flexibility index (Phi) is 4.01. The van der Waals surface area contributed by atoms with E-state index in [2.05, 4.69) is 0 Å². The van der Waals surface area contributed by atoms with E-state index in [1.54, 1.807) is 13.8 Å². The van der Waals surface area contributed by atoms with Gasteiger partial charge in [0.2, 0.25) is 0 Å². The van der Waals surface area contributed by atoms with Gasteiger partial charge in [0.15, 0.2) is 15.6 Å². The molecule has 0 amide bonds. The lowest BCUT2D eigenvalue weighted by atomic mass is 9.72. The number of hydrogen-bond donors (Lipinski definition) is 0. The second-order valence-electron chi connectivity index (χ2n) is 6.85. The monoisotopic (exact) mass is 364 g/mol. The largest absolute Gasteiger partial charge is 0.416 e. The molecule has 1 heterocycles. The van der Waals surface area contributed by atoms with Crippen LogP contribution in [0.3, 0.4) is 0 Å². The van der Waals surface area contributed by atoms with Crippen LogP contribution in [0.25, 0.3) is 0 Å². The Morgan fingerprint density at radius 2 is 1.71 bits per heavy atom. The average molecular weight is 364 g/mol. The quantitative estimate of drug-likeness (QED) is 0.825. The van der Waals surface area contributed by atoms with Crippen LogP contribution in [0.4, 0.5) is 13.2 Å². The number of rotatable bonds is 3. The van der Waals surface area contributed by atoms with Gasteiger partial charge in [-0.05, 0) is 38.0 Å². The Hall–Kier alpha value is -1.12. The van der Waals surface area contributed by atoms with Gasteiger partial charge < -0.3 is 9.47 Å². The summed E-state index contributed by atoms with van der Waals surface area (Å²) >= 11 is 0. The molecule has 0 atom stereocenters. The molecule has 1 aliphatic heterocycles. The summed E-state index contributed by atoms with van der Waals surface area (Å²) in [4.78, 5) is -0.309. The van der Waals surface area contributed by atoms with Gasteiger partial charge in [0.1, 0.15) is 0 Å². The van der Waals surface area contributed by atoms with E-state index >= 15 is 0 Å². The molecule has 3 rings (SSSR count). The third-order valence-corrected chi connectivity index (χ3v) is 7.67. The van der Waals surface area contributed by atoms with Crippen molar-refractivity contribution in [3.63, 3.8) is 0 Å². The van der Waals surface area contributed by atoms with E-state index in [-0.39, 0.29) is 10.8 Å². The number of alkyl halides is 3. The van der Waals surface area contributed by atoms with Crippen molar-refractivity contribution in [1.29, 1.82) is 0 Å². The van der Waals surface area contributed by atoms with Crippen molar-refractivity contribution in [3.05, 3.63) is 29.8 Å². The van der Waals surface area contributed by atoms with Gasteiger partial charge in [0.05, 0.1) is 28.4 Å². The minimum Gasteiger partial charge on any atom is -0.348 e. The van der Waals surface area contributed by atoms with E-state index in [1.165, 1.54) is 6.07 Å². The maximum Gasteiger partial charge on any atom is 0.416 e. The molecule has 8 heteroatoms. The van der Waals surface area contributed by atoms with Crippen LogP contribution in [0.1, 0.15) is 32.3 Å². The summed E-state index contributed by atoms with van der Waals surface area (Å²) in [6, 6.07) is 3.90. The Morgan fingerprint density at radius 3 is 2.25 bits per heavy atom. The van der Waals surface area contributed by atoms with Crippen LogP contribution in [0.15, 0.2) is 29.2 Å². The minimum absolute atomic E-state index is 0.241. The first kappa shape index (κ1) is 17.7. The molecule has 0 radical (unpaired) electrons. The van der Waals surface area contributed by atoms with Gasteiger partial charge in [-0.1, -0.05) is 6.07 Å². The van der Waals surface area contributed by atoms with Gasteiger partial charge in [0, 0.05) is 12.8 Å². The molecular formula is C16H19F3O4S. The van der Waals surface area contributed by atoms with Crippen LogP contribution >= 0.6 is 0 Å². The zero-order chi connectivity index (χ0) is 17.8. The third-order valence-electron chi connectivity index (χ3n) is 5.08. The SMILES string of the molecule is CC(C)(C1CC2(C1)OCCO2)S(=O)(=O)c1cccc(C(F)(F)F)c1. The van der Waals surface area contributed by atoms with E-state index in [4.69, 9.17) is 9.47 Å². The summed E-state index contributed by atoms with van der Waals surface area (Å²) in [7, 11) is -3.94. The highest BCUT2D eigenvalue weighted by Crippen LogP contribution is 2.52. The molecule has 1 aliphatic carbocycles. The molecule has 4 nitrogen and oxygen atoms in total. The molecule has 1 saturated heterocycles. The predicted octanol–water partition coefficient (Wildman–Crippen LogP) is 3.41. The van der Waals surface area contributed by atoms with Crippen molar-refractivity contribution in [2.24, 2.45) is 5.92 Å². The van der Waals surface area contributed by atoms with Crippen LogP contribution in [0.2, 0.25) is 0 Å². The molecule has 1 spiro atoms. The lowest BCUT2D eigenvalue weighted by molar-refractivity contribution is -0.234. The first-order valence-corrected chi connectivity index (χ1v) is 9.16. The molecule has 134 valence electrons. The fourth-order valence-corrected chi connectivity index (χ4v) is 5.03. The van der Waals surface area contributed by atoms with Crippen molar-refractivity contribution in [2.45, 2.75) is 48.3 Å². The van der Waals surface area contributed by atoms with Crippen LogP contribution < -0.4 is 0 Å². The molecule has 2 fully saturated rings. The summed E-state index contributed by atoms with van der Waals surface area (Å²) in [5, 5.41) is 0. The van der Waals surface area contributed by atoms with Crippen molar-refractivity contribution >= 4 is 9.84 Å². The second kappa shape index (κ2) is 5.44. The predicted molar refractivity (Wildman–Crippen MR) is 80.1 cm³/mol. The molecule has 0 bridgehead atoms. The summed E-state index contributed by atoms with van der Waals surface area (Å²) in [5.41, 5.74) is -0.966. The number of ether oxygens (including phenoxy) is 2. The Labute approximate surface area is 138 Å². The van der Waals surface area contributed by atoms with Crippen molar-refractivity contribution < 1.29 is 31.1 Å². The molecule has 24 heavy (non-hydrogen) atoms. The zero-order valence-electron chi connectivity index (χ0n) is 13.4. The minimum atomic E-state index is -4.58. The van der Waals surface area contributed by atoms with Crippen molar-refractivity contribution in [2.75, 3.05) is 13.2 Å². The normalized spacial score (nSPS) is 21.9. The molecule has 1 aromatic rings. The first-order chi connectivity index (χ1) is 11.0. The van der Waals surface area contributed by atoms with Crippen LogP contribution in [-0.4, -0.2) is 32.2 Å². The van der Waals surface area contributed by atoms with Crippen LogP contribution in [-0.2, 0) is 25.5 Å². The van der Waals surface area contributed by atoms with Gasteiger partial charge in [-0.25, -0.2) is 8.42 Å². The van der Waals surface area contributed by atoms with Gasteiger partial charge in [-0.3, -0.25) is 0 Å². The lowest BCUT2D eigenvalue weighted by Gasteiger charge is -2.49. The molecule has 0 N–H and O–H groups in total. The van der Waals surface area contributed by atoms with Gasteiger partial charge >= 0.3 is 6.18 Å². The summed E-state index contributed by atoms with van der Waals surface area (Å²) in [6.45, 7) is 4.06. The maximum atomic E-state index is 12.9. The van der Waals surface area contributed by atoms with Crippen LogP contribution in [0.5, 0.6) is 0 Å². The lowest BCUT2D eigenvalue weighted by Crippen LogP contribution is -2.55. The molecule has 0 aromatic heterocycles. The molecule has 0 unspecified atom stereocenters. The van der Waals surface area contributed by atoms with E-state index in [1.807, 2.05) is 0 Å². The molecule has 1 saturated carbocycles.